The number of hydrogen-bond donors (Lipinski definition) is 2. The zero-order valence-corrected chi connectivity index (χ0v) is 17.6. The van der Waals surface area contributed by atoms with E-state index in [0.717, 1.165) is 37.1 Å². The molecular weight excluding hydrogens is 403 g/mol. The van der Waals surface area contributed by atoms with Crippen molar-refractivity contribution in [2.45, 2.75) is 36.9 Å². The van der Waals surface area contributed by atoms with Gasteiger partial charge < -0.3 is 9.88 Å². The molecule has 1 aliphatic heterocycles. The predicted octanol–water partition coefficient (Wildman–Crippen LogP) is 2.86. The third-order valence-electron chi connectivity index (χ3n) is 5.35. The lowest BCUT2D eigenvalue weighted by Crippen LogP contribution is -2.30. The van der Waals surface area contributed by atoms with Gasteiger partial charge in [-0.2, -0.15) is 0 Å². The lowest BCUT2D eigenvalue weighted by Gasteiger charge is -2.20. The number of nitrogens with zero attached hydrogens (tertiary/aromatic N) is 2. The normalized spacial score (nSPS) is 15.4. The highest BCUT2D eigenvalue weighted by molar-refractivity contribution is 7.89. The van der Waals surface area contributed by atoms with Crippen LogP contribution >= 0.6 is 0 Å². The Morgan fingerprint density at radius 3 is 2.73 bits per heavy atom. The maximum Gasteiger partial charge on any atom is 0.260 e. The summed E-state index contributed by atoms with van der Waals surface area (Å²) < 4.78 is 43.7. The van der Waals surface area contributed by atoms with Crippen molar-refractivity contribution in [3.05, 3.63) is 83.1 Å². The molecule has 4 rings (SSSR count). The van der Waals surface area contributed by atoms with Crippen molar-refractivity contribution in [2.24, 2.45) is 7.05 Å². The van der Waals surface area contributed by atoms with Gasteiger partial charge in [0.05, 0.1) is 12.4 Å². The molecule has 6 nitrogen and oxygen atoms in total. The average molecular weight is 429 g/mol. The van der Waals surface area contributed by atoms with Gasteiger partial charge in [0.15, 0.2) is 5.03 Å². The number of halogens is 1. The lowest BCUT2D eigenvalue weighted by atomic mass is 9.95. The minimum atomic E-state index is -3.82. The van der Waals surface area contributed by atoms with E-state index in [1.165, 1.54) is 35.8 Å². The Morgan fingerprint density at radius 1 is 1.20 bits per heavy atom. The van der Waals surface area contributed by atoms with E-state index in [1.54, 1.807) is 23.7 Å². The molecule has 0 radical (unpaired) electrons. The summed E-state index contributed by atoms with van der Waals surface area (Å²) >= 11 is 0. The van der Waals surface area contributed by atoms with Crippen LogP contribution in [-0.2, 0) is 36.5 Å². The van der Waals surface area contributed by atoms with Crippen LogP contribution in [0.25, 0.3) is 0 Å². The first-order chi connectivity index (χ1) is 14.4. The van der Waals surface area contributed by atoms with Crippen molar-refractivity contribution in [3.8, 4) is 0 Å². The van der Waals surface area contributed by atoms with Crippen LogP contribution in [0.3, 0.4) is 0 Å². The summed E-state index contributed by atoms with van der Waals surface area (Å²) in [6.07, 6.45) is 5.41. The number of fused-ring (bicyclic) bond motifs is 1. The summed E-state index contributed by atoms with van der Waals surface area (Å²) in [4.78, 5) is 3.99. The van der Waals surface area contributed by atoms with Crippen LogP contribution in [0, 0.1) is 5.82 Å². The zero-order valence-electron chi connectivity index (χ0n) is 16.8. The third kappa shape index (κ3) is 4.77. The van der Waals surface area contributed by atoms with Gasteiger partial charge in [-0.05, 0) is 60.2 Å². The highest BCUT2D eigenvalue weighted by atomic mass is 32.2. The van der Waals surface area contributed by atoms with Gasteiger partial charge in [-0.1, -0.05) is 30.3 Å². The Hall–Kier alpha value is -2.55. The van der Waals surface area contributed by atoms with Gasteiger partial charge in [-0.3, -0.25) is 0 Å². The highest BCUT2D eigenvalue weighted by Gasteiger charge is 2.24. The monoisotopic (exact) mass is 428 g/mol. The predicted molar refractivity (Wildman–Crippen MR) is 113 cm³/mol. The van der Waals surface area contributed by atoms with Crippen LogP contribution in [0.2, 0.25) is 0 Å². The van der Waals surface area contributed by atoms with E-state index in [0.29, 0.717) is 6.42 Å². The molecule has 0 spiro atoms. The molecule has 0 saturated carbocycles. The number of aryl methyl sites for hydroxylation is 2. The molecule has 1 aliphatic rings. The van der Waals surface area contributed by atoms with Gasteiger partial charge >= 0.3 is 0 Å². The molecule has 0 fully saturated rings. The molecule has 3 aromatic rings. The first-order valence-corrected chi connectivity index (χ1v) is 11.5. The molecule has 2 heterocycles. The summed E-state index contributed by atoms with van der Waals surface area (Å²) in [6, 6.07) is 11.8. The maximum absolute atomic E-state index is 13.3. The summed E-state index contributed by atoms with van der Waals surface area (Å²) in [5, 5.41) is 3.39. The molecule has 30 heavy (non-hydrogen) atoms. The lowest BCUT2D eigenvalue weighted by molar-refractivity contribution is 0.551. The second-order valence-electron chi connectivity index (χ2n) is 7.69. The number of imidazole rings is 1. The molecule has 158 valence electrons. The summed E-state index contributed by atoms with van der Waals surface area (Å²) in [5.74, 6) is -0.319. The van der Waals surface area contributed by atoms with E-state index in [9.17, 15) is 12.8 Å². The fourth-order valence-electron chi connectivity index (χ4n) is 3.76. The standard InChI is InChI=1S/C22H25FN4O2S/c1-27-14-22(25-15-27)30(28,29)26-21(11-16-4-8-20(23)9-5-16)18-7-6-17-3-2-10-24-13-19(17)12-18/h4-9,12,14-15,21,24,26H,2-3,10-11,13H2,1H3. The van der Waals surface area contributed by atoms with Crippen molar-refractivity contribution in [2.75, 3.05) is 6.54 Å². The number of sulfonamides is 1. The number of rotatable bonds is 6. The largest absolute Gasteiger partial charge is 0.339 e. The Bertz CT molecular complexity index is 1130. The third-order valence-corrected chi connectivity index (χ3v) is 6.71. The average Bonchev–Trinajstić information content (AvgIpc) is 3.03. The summed E-state index contributed by atoms with van der Waals surface area (Å²) in [7, 11) is -2.09. The molecule has 8 heteroatoms. The number of benzene rings is 2. The van der Waals surface area contributed by atoms with E-state index in [4.69, 9.17) is 0 Å². The van der Waals surface area contributed by atoms with E-state index in [-0.39, 0.29) is 10.8 Å². The topological polar surface area (TPSA) is 76.0 Å². The number of nitrogens with one attached hydrogen (secondary N) is 2. The van der Waals surface area contributed by atoms with Gasteiger partial charge in [0.1, 0.15) is 5.82 Å². The van der Waals surface area contributed by atoms with E-state index >= 15 is 0 Å². The van der Waals surface area contributed by atoms with Gasteiger partial charge in [-0.25, -0.2) is 22.5 Å². The molecule has 2 N–H and O–H groups in total. The zero-order chi connectivity index (χ0) is 21.1. The first-order valence-electron chi connectivity index (χ1n) is 9.98. The van der Waals surface area contributed by atoms with Crippen molar-refractivity contribution in [1.82, 2.24) is 19.6 Å². The number of aromatic nitrogens is 2. The Balaban J connectivity index is 1.68. The van der Waals surface area contributed by atoms with Crippen LogP contribution in [0.1, 0.15) is 34.7 Å². The molecular formula is C22H25FN4O2S. The molecule has 1 unspecified atom stereocenters. The van der Waals surface area contributed by atoms with Crippen molar-refractivity contribution in [1.29, 1.82) is 0 Å². The van der Waals surface area contributed by atoms with Crippen LogP contribution in [0.4, 0.5) is 4.39 Å². The second-order valence-corrected chi connectivity index (χ2v) is 9.35. The van der Waals surface area contributed by atoms with Gasteiger partial charge in [0.25, 0.3) is 10.0 Å². The van der Waals surface area contributed by atoms with Crippen LogP contribution in [0.5, 0.6) is 0 Å². The number of hydrogen-bond acceptors (Lipinski definition) is 4. The fourth-order valence-corrected chi connectivity index (χ4v) is 4.96. The van der Waals surface area contributed by atoms with E-state index in [2.05, 4.69) is 27.2 Å². The Kier molecular flexibility index (Phi) is 5.99. The minimum absolute atomic E-state index is 0.0227. The van der Waals surface area contributed by atoms with E-state index in [1.807, 2.05) is 6.07 Å². The second kappa shape index (κ2) is 8.67. The van der Waals surface area contributed by atoms with Gasteiger partial charge in [0, 0.05) is 19.8 Å². The molecule has 2 aromatic carbocycles. The van der Waals surface area contributed by atoms with Crippen molar-refractivity contribution in [3.63, 3.8) is 0 Å². The highest BCUT2D eigenvalue weighted by Crippen LogP contribution is 2.25. The molecule has 1 atom stereocenters. The van der Waals surface area contributed by atoms with Crippen LogP contribution in [-0.4, -0.2) is 24.5 Å². The SMILES string of the molecule is Cn1cnc(S(=O)(=O)NC(Cc2ccc(F)cc2)c2ccc3c(c2)CNCCC3)c1. The van der Waals surface area contributed by atoms with Crippen molar-refractivity contribution >= 4 is 10.0 Å². The first kappa shape index (κ1) is 20.7. The van der Waals surface area contributed by atoms with E-state index < -0.39 is 16.1 Å². The Morgan fingerprint density at radius 2 is 2.00 bits per heavy atom. The quantitative estimate of drug-likeness (QED) is 0.633. The molecule has 1 aromatic heterocycles. The molecule has 0 aliphatic carbocycles. The molecule has 0 bridgehead atoms. The van der Waals surface area contributed by atoms with Crippen LogP contribution in [0.15, 0.2) is 60.0 Å². The van der Waals surface area contributed by atoms with Crippen molar-refractivity contribution < 1.29 is 12.8 Å². The maximum atomic E-state index is 13.3. The smallest absolute Gasteiger partial charge is 0.260 e. The molecule has 0 amide bonds. The van der Waals surface area contributed by atoms with Gasteiger partial charge in [-0.15, -0.1) is 0 Å². The van der Waals surface area contributed by atoms with Crippen LogP contribution < -0.4 is 10.0 Å². The minimum Gasteiger partial charge on any atom is -0.339 e. The summed E-state index contributed by atoms with van der Waals surface area (Å²) in [6.45, 7) is 1.73. The summed E-state index contributed by atoms with van der Waals surface area (Å²) in [5.41, 5.74) is 4.20. The van der Waals surface area contributed by atoms with Gasteiger partial charge in [0.2, 0.25) is 0 Å². The fraction of sp³-hybridized carbons (Fsp3) is 0.318. The Labute approximate surface area is 176 Å². The molecule has 0 saturated heterocycles.